The van der Waals surface area contributed by atoms with Crippen molar-refractivity contribution >= 4 is 38.0 Å². The van der Waals surface area contributed by atoms with Crippen LogP contribution in [0.2, 0.25) is 0 Å². The third-order valence-corrected chi connectivity index (χ3v) is 9.76. The Morgan fingerprint density at radius 1 is 0.412 bits per heavy atom. The minimum atomic E-state index is -0.263. The molecular formula is C46H30N4O. The van der Waals surface area contributed by atoms with Crippen LogP contribution in [0.1, 0.15) is 11.8 Å². The Balaban J connectivity index is 1.10. The highest BCUT2D eigenvalue weighted by Crippen LogP contribution is 2.49. The zero-order valence-corrected chi connectivity index (χ0v) is 27.5. The predicted molar refractivity (Wildman–Crippen MR) is 208 cm³/mol. The molecule has 240 valence electrons. The van der Waals surface area contributed by atoms with Gasteiger partial charge in [-0.2, -0.15) is 0 Å². The van der Waals surface area contributed by atoms with Crippen molar-refractivity contribution in [2.75, 3.05) is 5.32 Å². The molecule has 0 aliphatic carbocycles. The van der Waals surface area contributed by atoms with Crippen molar-refractivity contribution in [2.45, 2.75) is 6.23 Å². The molecule has 9 aromatic rings. The van der Waals surface area contributed by atoms with Crippen LogP contribution in [0.4, 0.5) is 5.69 Å². The zero-order valence-electron chi connectivity index (χ0n) is 27.5. The molecule has 5 nitrogen and oxygen atoms in total. The van der Waals surface area contributed by atoms with E-state index in [1.165, 1.54) is 16.3 Å². The minimum Gasteiger partial charge on any atom is -0.464 e. The average molecular weight is 655 g/mol. The van der Waals surface area contributed by atoms with E-state index in [0.29, 0.717) is 17.5 Å². The third-order valence-electron chi connectivity index (χ3n) is 9.76. The second kappa shape index (κ2) is 11.9. The first kappa shape index (κ1) is 29.1. The molecule has 0 fully saturated rings. The quantitative estimate of drug-likeness (QED) is 0.187. The summed E-state index contributed by atoms with van der Waals surface area (Å²) in [5, 5.41) is 10.5. The van der Waals surface area contributed by atoms with Crippen molar-refractivity contribution in [1.82, 2.24) is 15.0 Å². The van der Waals surface area contributed by atoms with Crippen LogP contribution in [0.5, 0.6) is 5.75 Å². The van der Waals surface area contributed by atoms with Crippen LogP contribution in [0.25, 0.3) is 77.6 Å². The summed E-state index contributed by atoms with van der Waals surface area (Å²) in [6.07, 6.45) is -0.263. The molecule has 0 saturated carbocycles. The number of nitrogens with zero attached hydrogens (tertiary/aromatic N) is 3. The highest BCUT2D eigenvalue weighted by molar-refractivity contribution is 6.18. The fourth-order valence-corrected chi connectivity index (χ4v) is 7.25. The van der Waals surface area contributed by atoms with E-state index in [1.54, 1.807) is 0 Å². The van der Waals surface area contributed by atoms with Crippen LogP contribution in [-0.4, -0.2) is 15.0 Å². The van der Waals surface area contributed by atoms with Gasteiger partial charge < -0.3 is 10.1 Å². The lowest BCUT2D eigenvalue weighted by Crippen LogP contribution is -2.09. The van der Waals surface area contributed by atoms with Gasteiger partial charge in [0.2, 0.25) is 0 Å². The van der Waals surface area contributed by atoms with Crippen molar-refractivity contribution < 1.29 is 4.74 Å². The second-order valence-corrected chi connectivity index (χ2v) is 12.8. The first-order chi connectivity index (χ1) is 25.3. The molecule has 1 aliphatic rings. The summed E-state index contributed by atoms with van der Waals surface area (Å²) in [7, 11) is 0. The summed E-state index contributed by atoms with van der Waals surface area (Å²) in [4.78, 5) is 15.1. The Hall–Kier alpha value is -6.85. The fourth-order valence-electron chi connectivity index (χ4n) is 7.25. The monoisotopic (exact) mass is 654 g/mol. The summed E-state index contributed by atoms with van der Waals surface area (Å²) in [5.74, 6) is 2.73. The maximum Gasteiger partial charge on any atom is 0.196 e. The molecule has 1 unspecified atom stereocenters. The maximum absolute atomic E-state index is 6.63. The molecule has 51 heavy (non-hydrogen) atoms. The van der Waals surface area contributed by atoms with E-state index < -0.39 is 0 Å². The third kappa shape index (κ3) is 5.06. The lowest BCUT2D eigenvalue weighted by molar-refractivity contribution is 0.262. The number of fused-ring (bicyclic) bond motifs is 7. The molecule has 0 saturated heterocycles. The van der Waals surface area contributed by atoms with Gasteiger partial charge in [-0.3, -0.25) is 0 Å². The van der Waals surface area contributed by atoms with E-state index in [0.717, 1.165) is 60.8 Å². The molecule has 8 aromatic carbocycles. The van der Waals surface area contributed by atoms with Gasteiger partial charge in [-0.25, -0.2) is 15.0 Å². The van der Waals surface area contributed by atoms with Gasteiger partial charge in [0.25, 0.3) is 0 Å². The number of rotatable bonds is 5. The van der Waals surface area contributed by atoms with E-state index in [1.807, 2.05) is 48.5 Å². The lowest BCUT2D eigenvalue weighted by atomic mass is 9.97. The molecular weight excluding hydrogens is 625 g/mol. The lowest BCUT2D eigenvalue weighted by Gasteiger charge is -2.13. The molecule has 0 bridgehead atoms. The largest absolute Gasteiger partial charge is 0.464 e. The summed E-state index contributed by atoms with van der Waals surface area (Å²) in [5.41, 5.74) is 7.21. The molecule has 1 N–H and O–H groups in total. The van der Waals surface area contributed by atoms with Gasteiger partial charge in [-0.15, -0.1) is 0 Å². The number of aromatic nitrogens is 3. The van der Waals surface area contributed by atoms with E-state index in [4.69, 9.17) is 19.7 Å². The number of benzene rings is 8. The van der Waals surface area contributed by atoms with Crippen molar-refractivity contribution in [3.05, 3.63) is 175 Å². The van der Waals surface area contributed by atoms with Crippen molar-refractivity contribution in [2.24, 2.45) is 0 Å². The number of ether oxygens (including phenoxy) is 1. The average Bonchev–Trinajstić information content (AvgIpc) is 3.67. The van der Waals surface area contributed by atoms with Crippen LogP contribution in [0, 0.1) is 0 Å². The summed E-state index contributed by atoms with van der Waals surface area (Å²) in [6, 6.07) is 58.7. The smallest absolute Gasteiger partial charge is 0.196 e. The molecule has 1 aromatic heterocycles. The summed E-state index contributed by atoms with van der Waals surface area (Å²) in [6.45, 7) is 0. The second-order valence-electron chi connectivity index (χ2n) is 12.8. The van der Waals surface area contributed by atoms with Gasteiger partial charge in [0, 0.05) is 33.0 Å². The molecule has 10 rings (SSSR count). The zero-order chi connectivity index (χ0) is 33.7. The van der Waals surface area contributed by atoms with Crippen molar-refractivity contribution in [1.29, 1.82) is 0 Å². The molecule has 2 heterocycles. The van der Waals surface area contributed by atoms with Gasteiger partial charge in [-0.05, 0) is 44.8 Å². The van der Waals surface area contributed by atoms with Gasteiger partial charge in [0.1, 0.15) is 0 Å². The van der Waals surface area contributed by atoms with Crippen LogP contribution >= 0.6 is 0 Å². The summed E-state index contributed by atoms with van der Waals surface area (Å²) >= 11 is 0. The van der Waals surface area contributed by atoms with E-state index >= 15 is 0 Å². The van der Waals surface area contributed by atoms with Crippen LogP contribution in [0.15, 0.2) is 170 Å². The standard InChI is InChI=1S/C46H30N4O/c1-3-13-31(14-4-1)43-48-44(32-24-22-30(23-25-32)36-21-11-17-29-12-7-8-18-35(29)36)50-45(49-43)34-26-27-39-40(28-34)37-19-9-10-20-38(37)41-42(39)51-46(47-41)33-15-5-2-6-16-33/h1-28,46-47H. The van der Waals surface area contributed by atoms with E-state index in [-0.39, 0.29) is 6.23 Å². The van der Waals surface area contributed by atoms with Crippen LogP contribution < -0.4 is 10.1 Å². The summed E-state index contributed by atoms with van der Waals surface area (Å²) < 4.78 is 6.63. The highest BCUT2D eigenvalue weighted by atomic mass is 16.5. The Morgan fingerprint density at radius 3 is 1.75 bits per heavy atom. The Morgan fingerprint density at radius 2 is 0.980 bits per heavy atom. The Kier molecular flexibility index (Phi) is 6.81. The van der Waals surface area contributed by atoms with E-state index in [2.05, 4.69) is 127 Å². The molecule has 0 radical (unpaired) electrons. The molecule has 0 spiro atoms. The van der Waals surface area contributed by atoms with Gasteiger partial charge in [0.05, 0.1) is 5.69 Å². The predicted octanol–water partition coefficient (Wildman–Crippen LogP) is 11.5. The van der Waals surface area contributed by atoms with Gasteiger partial charge in [0.15, 0.2) is 29.5 Å². The normalized spacial score (nSPS) is 13.6. The molecule has 1 atom stereocenters. The molecule has 0 amide bonds. The number of hydrogen-bond donors (Lipinski definition) is 1. The van der Waals surface area contributed by atoms with Crippen LogP contribution in [-0.2, 0) is 0 Å². The Labute approximate surface area is 294 Å². The minimum absolute atomic E-state index is 0.263. The maximum atomic E-state index is 6.63. The fraction of sp³-hybridized carbons (Fsp3) is 0.0217. The van der Waals surface area contributed by atoms with Gasteiger partial charge in [-0.1, -0.05) is 158 Å². The molecule has 5 heteroatoms. The molecule has 1 aliphatic heterocycles. The van der Waals surface area contributed by atoms with Crippen molar-refractivity contribution in [3.63, 3.8) is 0 Å². The first-order valence-corrected chi connectivity index (χ1v) is 17.1. The number of hydrogen-bond acceptors (Lipinski definition) is 5. The van der Waals surface area contributed by atoms with Gasteiger partial charge >= 0.3 is 0 Å². The number of nitrogens with one attached hydrogen (secondary N) is 1. The Bertz CT molecular complexity index is 2740. The topological polar surface area (TPSA) is 59.9 Å². The van der Waals surface area contributed by atoms with Crippen LogP contribution in [0.3, 0.4) is 0 Å². The van der Waals surface area contributed by atoms with Crippen molar-refractivity contribution in [3.8, 4) is 51.0 Å². The number of anilines is 1. The SMILES string of the molecule is c1ccc(-c2nc(-c3ccc(-c4cccc5ccccc45)cc3)nc(-c3ccc4c5c(c6ccccc6c4c3)NC(c3ccccc3)O5)n2)cc1. The first-order valence-electron chi connectivity index (χ1n) is 17.1. The highest BCUT2D eigenvalue weighted by Gasteiger charge is 2.28. The van der Waals surface area contributed by atoms with E-state index in [9.17, 15) is 0 Å².